The Labute approximate surface area is 212 Å². The molecule has 0 radical (unpaired) electrons. The molecular weight excluding hydrogens is 464 g/mol. The van der Waals surface area contributed by atoms with Gasteiger partial charge in [-0.15, -0.1) is 0 Å². The Morgan fingerprint density at radius 2 is 1.76 bits per heavy atom. The van der Waals surface area contributed by atoms with Crippen LogP contribution in [-0.4, -0.2) is 54.3 Å². The number of pyridine rings is 3. The zero-order chi connectivity index (χ0) is 24.6. The quantitative estimate of drug-likeness (QED) is 0.320. The number of hydrogen-bond acceptors (Lipinski definition) is 7. The minimum atomic E-state index is 0.208. The number of nitrogens with zero attached hydrogens (tertiary/aromatic N) is 5. The molecule has 0 aliphatic carbocycles. The van der Waals surface area contributed by atoms with Gasteiger partial charge in [-0.3, -0.25) is 20.1 Å². The van der Waals surface area contributed by atoms with Gasteiger partial charge in [-0.05, 0) is 61.8 Å². The lowest BCUT2D eigenvalue weighted by molar-refractivity contribution is 0.162. The van der Waals surface area contributed by atoms with Crippen LogP contribution in [0.25, 0.3) is 55.8 Å². The predicted octanol–water partition coefficient (Wildman–Crippen LogP) is 4.76. The van der Waals surface area contributed by atoms with Crippen molar-refractivity contribution in [3.63, 3.8) is 0 Å². The number of hydrogen-bond donors (Lipinski definition) is 3. The highest BCUT2D eigenvalue weighted by molar-refractivity contribution is 5.97. The molecule has 3 N–H and O–H groups in total. The number of aromatic nitrogens is 7. The van der Waals surface area contributed by atoms with E-state index in [0.29, 0.717) is 5.82 Å². The third-order valence-electron chi connectivity index (χ3n) is 6.77. The van der Waals surface area contributed by atoms with Gasteiger partial charge < -0.3 is 15.0 Å². The Morgan fingerprint density at radius 1 is 0.865 bits per heavy atom. The van der Waals surface area contributed by atoms with E-state index in [1.807, 2.05) is 42.6 Å². The minimum Gasteiger partial charge on any atom is -0.489 e. The second-order valence-electron chi connectivity index (χ2n) is 9.19. The summed E-state index contributed by atoms with van der Waals surface area (Å²) in [6.07, 6.45) is 11.2. The van der Waals surface area contributed by atoms with Crippen LogP contribution in [0.4, 0.5) is 0 Å². The van der Waals surface area contributed by atoms with E-state index in [4.69, 9.17) is 9.72 Å². The summed E-state index contributed by atoms with van der Waals surface area (Å²) in [6.45, 7) is 1.95. The van der Waals surface area contributed by atoms with Crippen LogP contribution in [0.5, 0.6) is 5.75 Å². The molecule has 0 spiro atoms. The SMILES string of the molecule is c1cc(-c2ccncc2)c2nc(-c3n[nH]c4cnc(-c5cncc(OC6CCNCC6)c5)cc34)[nH]c2c1. The standard InChI is InChI=1S/C28H24N8O/c1-2-21(17-4-8-29-9-5-17)26-23(3-1)33-28(34-26)27-22-13-24(32-16-25(22)35-36-27)18-12-20(15-31-14-18)37-19-6-10-30-11-7-19/h1-5,8-9,12-16,19,30H,6-7,10-11H2,(H,33,34)(H,35,36). The van der Waals surface area contributed by atoms with E-state index in [9.17, 15) is 0 Å². The smallest absolute Gasteiger partial charge is 0.159 e. The van der Waals surface area contributed by atoms with E-state index in [1.54, 1.807) is 24.8 Å². The molecule has 7 rings (SSSR count). The number of rotatable bonds is 5. The van der Waals surface area contributed by atoms with Crippen molar-refractivity contribution in [2.75, 3.05) is 13.1 Å². The molecule has 6 aromatic rings. The van der Waals surface area contributed by atoms with Crippen LogP contribution in [0.1, 0.15) is 12.8 Å². The van der Waals surface area contributed by atoms with Crippen LogP contribution >= 0.6 is 0 Å². The summed E-state index contributed by atoms with van der Waals surface area (Å²) < 4.78 is 6.20. The zero-order valence-corrected chi connectivity index (χ0v) is 20.0. The molecule has 5 aromatic heterocycles. The van der Waals surface area contributed by atoms with Crippen molar-refractivity contribution < 1.29 is 4.74 Å². The summed E-state index contributed by atoms with van der Waals surface area (Å²) in [5, 5.41) is 12.0. The number of H-pyrrole nitrogens is 2. The number of ether oxygens (including phenoxy) is 1. The van der Waals surface area contributed by atoms with Gasteiger partial charge in [0, 0.05) is 35.1 Å². The third-order valence-corrected chi connectivity index (χ3v) is 6.77. The van der Waals surface area contributed by atoms with Crippen LogP contribution in [0.15, 0.2) is 73.4 Å². The van der Waals surface area contributed by atoms with E-state index in [1.165, 1.54) is 0 Å². The fourth-order valence-corrected chi connectivity index (χ4v) is 4.89. The summed E-state index contributed by atoms with van der Waals surface area (Å²) in [7, 11) is 0. The number of para-hydroxylation sites is 1. The van der Waals surface area contributed by atoms with E-state index in [0.717, 1.165) is 81.7 Å². The lowest BCUT2D eigenvalue weighted by Crippen LogP contribution is -2.34. The van der Waals surface area contributed by atoms with Crippen LogP contribution in [0, 0.1) is 0 Å². The Bertz CT molecular complexity index is 1700. The van der Waals surface area contributed by atoms with Crippen LogP contribution in [-0.2, 0) is 0 Å². The summed E-state index contributed by atoms with van der Waals surface area (Å²) >= 11 is 0. The summed E-state index contributed by atoms with van der Waals surface area (Å²) in [5.41, 5.74) is 7.21. The molecule has 1 fully saturated rings. The molecular formula is C28H24N8O. The maximum absolute atomic E-state index is 6.20. The Kier molecular flexibility index (Phi) is 5.32. The summed E-state index contributed by atoms with van der Waals surface area (Å²) in [6, 6.07) is 14.1. The molecule has 0 atom stereocenters. The minimum absolute atomic E-state index is 0.208. The van der Waals surface area contributed by atoms with Gasteiger partial charge >= 0.3 is 0 Å². The molecule has 0 bridgehead atoms. The largest absolute Gasteiger partial charge is 0.489 e. The maximum atomic E-state index is 6.20. The molecule has 182 valence electrons. The van der Waals surface area contributed by atoms with E-state index in [-0.39, 0.29) is 6.10 Å². The molecule has 9 nitrogen and oxygen atoms in total. The molecule has 1 aliphatic rings. The second-order valence-corrected chi connectivity index (χ2v) is 9.19. The number of aromatic amines is 2. The molecule has 1 aromatic carbocycles. The first kappa shape index (κ1) is 21.6. The molecule has 6 heterocycles. The van der Waals surface area contributed by atoms with Crippen molar-refractivity contribution in [2.24, 2.45) is 0 Å². The molecule has 1 saturated heterocycles. The number of fused-ring (bicyclic) bond motifs is 2. The van der Waals surface area contributed by atoms with E-state index >= 15 is 0 Å². The number of imidazole rings is 1. The maximum Gasteiger partial charge on any atom is 0.159 e. The Hall–Kier alpha value is -4.63. The monoisotopic (exact) mass is 488 g/mol. The Morgan fingerprint density at radius 3 is 2.65 bits per heavy atom. The van der Waals surface area contributed by atoms with Crippen molar-refractivity contribution in [2.45, 2.75) is 18.9 Å². The topological polar surface area (TPSA) is 117 Å². The van der Waals surface area contributed by atoms with Crippen LogP contribution < -0.4 is 10.1 Å². The van der Waals surface area contributed by atoms with Gasteiger partial charge in [0.15, 0.2) is 5.82 Å². The van der Waals surface area contributed by atoms with Crippen LogP contribution in [0.2, 0.25) is 0 Å². The van der Waals surface area contributed by atoms with Gasteiger partial charge in [0.1, 0.15) is 17.5 Å². The van der Waals surface area contributed by atoms with Crippen LogP contribution in [0.3, 0.4) is 0 Å². The zero-order valence-electron chi connectivity index (χ0n) is 20.0. The number of piperidine rings is 1. The summed E-state index contributed by atoms with van der Waals surface area (Å²) in [5.74, 6) is 1.46. The Balaban J connectivity index is 1.26. The molecule has 0 amide bonds. The molecule has 1 aliphatic heterocycles. The average molecular weight is 489 g/mol. The molecule has 37 heavy (non-hydrogen) atoms. The fraction of sp³-hybridized carbons (Fsp3) is 0.179. The first-order valence-electron chi connectivity index (χ1n) is 12.4. The summed E-state index contributed by atoms with van der Waals surface area (Å²) in [4.78, 5) is 21.6. The highest BCUT2D eigenvalue weighted by Gasteiger charge is 2.18. The van der Waals surface area contributed by atoms with E-state index in [2.05, 4.69) is 41.5 Å². The van der Waals surface area contributed by atoms with Gasteiger partial charge in [-0.2, -0.15) is 5.10 Å². The van der Waals surface area contributed by atoms with Crippen molar-refractivity contribution in [3.05, 3.63) is 73.4 Å². The van der Waals surface area contributed by atoms with Crippen molar-refractivity contribution in [1.82, 2.24) is 40.4 Å². The predicted molar refractivity (Wildman–Crippen MR) is 142 cm³/mol. The first-order chi connectivity index (χ1) is 18.3. The van der Waals surface area contributed by atoms with Crippen molar-refractivity contribution >= 4 is 21.9 Å². The van der Waals surface area contributed by atoms with Gasteiger partial charge in [0.2, 0.25) is 0 Å². The lowest BCUT2D eigenvalue weighted by atomic mass is 10.1. The fourth-order valence-electron chi connectivity index (χ4n) is 4.89. The normalized spacial score (nSPS) is 14.4. The highest BCUT2D eigenvalue weighted by Crippen LogP contribution is 2.32. The number of benzene rings is 1. The number of nitrogens with one attached hydrogen (secondary N) is 3. The van der Waals surface area contributed by atoms with Gasteiger partial charge in [-0.25, -0.2) is 4.98 Å². The van der Waals surface area contributed by atoms with E-state index < -0.39 is 0 Å². The third kappa shape index (κ3) is 4.09. The van der Waals surface area contributed by atoms with Gasteiger partial charge in [0.05, 0.1) is 34.6 Å². The second kappa shape index (κ2) is 9.11. The van der Waals surface area contributed by atoms with Crippen molar-refractivity contribution in [1.29, 1.82) is 0 Å². The first-order valence-corrected chi connectivity index (χ1v) is 12.4. The molecule has 0 saturated carbocycles. The molecule has 0 unspecified atom stereocenters. The van der Waals surface area contributed by atoms with Gasteiger partial charge in [-0.1, -0.05) is 12.1 Å². The lowest BCUT2D eigenvalue weighted by Gasteiger charge is -2.23. The molecule has 9 heteroatoms. The highest BCUT2D eigenvalue weighted by atomic mass is 16.5. The average Bonchev–Trinajstić information content (AvgIpc) is 3.58. The van der Waals surface area contributed by atoms with Crippen molar-refractivity contribution in [3.8, 4) is 39.7 Å². The van der Waals surface area contributed by atoms with Gasteiger partial charge in [0.25, 0.3) is 0 Å².